The Kier molecular flexibility index (Phi) is 3.59. The third kappa shape index (κ3) is 2.34. The molecule has 0 atom stereocenters. The number of hydrogen-bond acceptors (Lipinski definition) is 6. The molecule has 98 valence electrons. The van der Waals surface area contributed by atoms with Crippen molar-refractivity contribution in [3.05, 3.63) is 16.4 Å². The van der Waals surface area contributed by atoms with Crippen LogP contribution in [-0.4, -0.2) is 28.0 Å². The highest BCUT2D eigenvalue weighted by molar-refractivity contribution is 5.68. The van der Waals surface area contributed by atoms with Crippen LogP contribution in [0.2, 0.25) is 0 Å². The van der Waals surface area contributed by atoms with Gasteiger partial charge in [-0.2, -0.15) is 0 Å². The van der Waals surface area contributed by atoms with Crippen LogP contribution >= 0.6 is 0 Å². The Morgan fingerprint density at radius 2 is 2.17 bits per heavy atom. The molecule has 7 heteroatoms. The summed E-state index contributed by atoms with van der Waals surface area (Å²) in [4.78, 5) is 20.2. The fourth-order valence-electron chi connectivity index (χ4n) is 2.34. The first-order valence-corrected chi connectivity index (χ1v) is 6.13. The first-order chi connectivity index (χ1) is 8.63. The Bertz CT molecular complexity index is 443. The number of nitrogens with zero attached hydrogens (tertiary/aromatic N) is 4. The monoisotopic (exact) mass is 251 g/mol. The van der Waals surface area contributed by atoms with Gasteiger partial charge in [0, 0.05) is 13.1 Å². The van der Waals surface area contributed by atoms with Gasteiger partial charge in [-0.25, -0.2) is 9.97 Å². The number of nitrogen functional groups attached to an aromatic ring is 1. The van der Waals surface area contributed by atoms with E-state index in [2.05, 4.69) is 16.9 Å². The predicted octanol–water partition coefficient (Wildman–Crippen LogP) is 1.59. The van der Waals surface area contributed by atoms with Crippen LogP contribution in [0.25, 0.3) is 0 Å². The van der Waals surface area contributed by atoms with Gasteiger partial charge in [0.2, 0.25) is 11.6 Å². The summed E-state index contributed by atoms with van der Waals surface area (Å²) in [5.41, 5.74) is 5.39. The molecule has 0 saturated carbocycles. The second kappa shape index (κ2) is 5.16. The summed E-state index contributed by atoms with van der Waals surface area (Å²) in [6.45, 7) is 3.75. The lowest BCUT2D eigenvalue weighted by Gasteiger charge is -2.31. The van der Waals surface area contributed by atoms with Crippen molar-refractivity contribution in [2.45, 2.75) is 26.2 Å². The molecule has 1 aromatic rings. The number of anilines is 2. The molecule has 1 aromatic heterocycles. The summed E-state index contributed by atoms with van der Waals surface area (Å²) in [6, 6.07) is 0. The van der Waals surface area contributed by atoms with Gasteiger partial charge in [-0.1, -0.05) is 13.3 Å². The van der Waals surface area contributed by atoms with Crippen LogP contribution in [0.1, 0.15) is 26.2 Å². The second-order valence-electron chi connectivity index (χ2n) is 4.53. The number of piperidine rings is 1. The maximum Gasteiger partial charge on any atom is 0.353 e. The molecule has 18 heavy (non-hydrogen) atoms. The van der Waals surface area contributed by atoms with Crippen molar-refractivity contribution in [1.29, 1.82) is 0 Å². The molecular weight excluding hydrogens is 234 g/mol. The third-order valence-corrected chi connectivity index (χ3v) is 3.51. The topological polar surface area (TPSA) is 98.2 Å². The van der Waals surface area contributed by atoms with E-state index in [4.69, 9.17) is 5.73 Å². The van der Waals surface area contributed by atoms with E-state index in [1.165, 1.54) is 6.33 Å². The Morgan fingerprint density at radius 1 is 1.50 bits per heavy atom. The van der Waals surface area contributed by atoms with Crippen LogP contribution in [0, 0.1) is 16.0 Å². The molecule has 0 amide bonds. The van der Waals surface area contributed by atoms with Crippen molar-refractivity contribution >= 4 is 17.3 Å². The molecule has 0 aromatic carbocycles. The van der Waals surface area contributed by atoms with E-state index in [0.29, 0.717) is 11.7 Å². The smallest absolute Gasteiger partial charge is 0.353 e. The molecule has 0 unspecified atom stereocenters. The summed E-state index contributed by atoms with van der Waals surface area (Å²) in [6.07, 6.45) is 4.51. The Morgan fingerprint density at radius 3 is 2.72 bits per heavy atom. The first-order valence-electron chi connectivity index (χ1n) is 6.13. The van der Waals surface area contributed by atoms with Crippen LogP contribution < -0.4 is 10.6 Å². The van der Waals surface area contributed by atoms with Crippen molar-refractivity contribution < 1.29 is 4.92 Å². The number of aromatic nitrogens is 2. The van der Waals surface area contributed by atoms with Crippen LogP contribution in [-0.2, 0) is 0 Å². The van der Waals surface area contributed by atoms with E-state index in [1.54, 1.807) is 0 Å². The van der Waals surface area contributed by atoms with Gasteiger partial charge in [0.05, 0.1) is 4.92 Å². The normalized spacial score (nSPS) is 16.8. The third-order valence-electron chi connectivity index (χ3n) is 3.51. The minimum Gasteiger partial charge on any atom is -0.378 e. The first kappa shape index (κ1) is 12.5. The molecule has 7 nitrogen and oxygen atoms in total. The maximum atomic E-state index is 11.0. The van der Waals surface area contributed by atoms with Gasteiger partial charge in [-0.05, 0) is 18.8 Å². The van der Waals surface area contributed by atoms with Crippen molar-refractivity contribution in [1.82, 2.24) is 9.97 Å². The van der Waals surface area contributed by atoms with Crippen molar-refractivity contribution in [3.63, 3.8) is 0 Å². The highest BCUT2D eigenvalue weighted by Crippen LogP contribution is 2.32. The van der Waals surface area contributed by atoms with E-state index < -0.39 is 4.92 Å². The fraction of sp³-hybridized carbons (Fsp3) is 0.636. The van der Waals surface area contributed by atoms with E-state index in [9.17, 15) is 10.1 Å². The number of nitro groups is 1. The molecule has 1 aliphatic heterocycles. The minimum atomic E-state index is -0.503. The minimum absolute atomic E-state index is 0.0670. The number of hydrogen-bond donors (Lipinski definition) is 1. The average molecular weight is 251 g/mol. The van der Waals surface area contributed by atoms with Crippen molar-refractivity contribution in [2.24, 2.45) is 5.92 Å². The van der Waals surface area contributed by atoms with Crippen molar-refractivity contribution in [3.8, 4) is 0 Å². The zero-order chi connectivity index (χ0) is 13.1. The second-order valence-corrected chi connectivity index (χ2v) is 4.53. The quantitative estimate of drug-likeness (QED) is 0.647. The maximum absolute atomic E-state index is 11.0. The molecule has 1 fully saturated rings. The summed E-state index contributed by atoms with van der Waals surface area (Å²) in [7, 11) is 0. The van der Waals surface area contributed by atoms with Crippen LogP contribution in [0.5, 0.6) is 0 Å². The average Bonchev–Trinajstić information content (AvgIpc) is 2.38. The molecule has 1 saturated heterocycles. The Hall–Kier alpha value is -1.92. The highest BCUT2D eigenvalue weighted by atomic mass is 16.6. The summed E-state index contributed by atoms with van der Waals surface area (Å²) in [5, 5.41) is 11.0. The van der Waals surface area contributed by atoms with Crippen LogP contribution in [0.4, 0.5) is 17.3 Å². The van der Waals surface area contributed by atoms with E-state index >= 15 is 0 Å². The molecule has 2 rings (SSSR count). The van der Waals surface area contributed by atoms with Gasteiger partial charge >= 0.3 is 5.69 Å². The molecule has 2 N–H and O–H groups in total. The fourth-order valence-corrected chi connectivity index (χ4v) is 2.34. The van der Waals surface area contributed by atoms with Gasteiger partial charge in [0.15, 0.2) is 0 Å². The van der Waals surface area contributed by atoms with Crippen LogP contribution in [0.3, 0.4) is 0 Å². The standard InChI is InChI=1S/C11H17N5O2/c1-2-8-3-5-15(6-4-8)11-9(16(17)18)10(12)13-7-14-11/h7-8H,2-6H2,1H3,(H2,12,13,14). The predicted molar refractivity (Wildman–Crippen MR) is 68.3 cm³/mol. The molecular formula is C11H17N5O2. The van der Waals surface area contributed by atoms with Gasteiger partial charge in [0.25, 0.3) is 0 Å². The zero-order valence-corrected chi connectivity index (χ0v) is 10.4. The van der Waals surface area contributed by atoms with Gasteiger partial charge < -0.3 is 10.6 Å². The largest absolute Gasteiger partial charge is 0.378 e. The summed E-state index contributed by atoms with van der Waals surface area (Å²) in [5.74, 6) is 0.990. The Balaban J connectivity index is 2.24. The lowest BCUT2D eigenvalue weighted by molar-refractivity contribution is -0.383. The van der Waals surface area contributed by atoms with Gasteiger partial charge in [-0.3, -0.25) is 10.1 Å². The summed E-state index contributed by atoms with van der Waals surface area (Å²) >= 11 is 0. The van der Waals surface area contributed by atoms with E-state index in [0.717, 1.165) is 32.4 Å². The SMILES string of the molecule is CCC1CCN(c2ncnc(N)c2[N+](=O)[O-])CC1. The molecule has 0 aliphatic carbocycles. The lowest BCUT2D eigenvalue weighted by Crippen LogP contribution is -2.34. The Labute approximate surface area is 105 Å². The number of nitrogens with two attached hydrogens (primary N) is 1. The number of rotatable bonds is 3. The summed E-state index contributed by atoms with van der Waals surface area (Å²) < 4.78 is 0. The molecule has 0 bridgehead atoms. The van der Waals surface area contributed by atoms with E-state index in [-0.39, 0.29) is 11.5 Å². The lowest BCUT2D eigenvalue weighted by atomic mass is 9.94. The molecule has 0 spiro atoms. The molecule has 2 heterocycles. The van der Waals surface area contributed by atoms with Crippen molar-refractivity contribution in [2.75, 3.05) is 23.7 Å². The highest BCUT2D eigenvalue weighted by Gasteiger charge is 2.28. The van der Waals surface area contributed by atoms with Gasteiger partial charge in [0.1, 0.15) is 6.33 Å². The van der Waals surface area contributed by atoms with E-state index in [1.807, 2.05) is 4.90 Å². The molecule has 0 radical (unpaired) electrons. The van der Waals surface area contributed by atoms with Gasteiger partial charge in [-0.15, -0.1) is 0 Å². The zero-order valence-electron chi connectivity index (χ0n) is 10.4. The van der Waals surface area contributed by atoms with Crippen LogP contribution in [0.15, 0.2) is 6.33 Å². The molecule has 1 aliphatic rings.